The van der Waals surface area contributed by atoms with Crippen molar-refractivity contribution in [3.05, 3.63) is 64.4 Å². The summed E-state index contributed by atoms with van der Waals surface area (Å²) in [6.45, 7) is 2.57. The lowest BCUT2D eigenvalue weighted by Gasteiger charge is -2.21. The van der Waals surface area contributed by atoms with E-state index in [2.05, 4.69) is 0 Å². The Bertz CT molecular complexity index is 613. The Labute approximate surface area is 130 Å². The molecule has 21 heavy (non-hydrogen) atoms. The molecule has 1 atom stereocenters. The zero-order chi connectivity index (χ0) is 15.4. The minimum Gasteiger partial charge on any atom is -0.369 e. The molecule has 112 valence electrons. The van der Waals surface area contributed by atoms with Crippen molar-refractivity contribution in [2.75, 3.05) is 11.9 Å². The molecule has 0 saturated heterocycles. The Morgan fingerprint density at radius 1 is 1.19 bits per heavy atom. The summed E-state index contributed by atoms with van der Waals surface area (Å²) in [7, 11) is 1.94. The zero-order valence-corrected chi connectivity index (χ0v) is 13.1. The monoisotopic (exact) mass is 306 g/mol. The number of hydrogen-bond donors (Lipinski definition) is 1. The summed E-state index contributed by atoms with van der Waals surface area (Å²) in [6, 6.07) is 12.7. The maximum atomic E-state index is 13.2. The van der Waals surface area contributed by atoms with E-state index in [-0.39, 0.29) is 11.9 Å². The van der Waals surface area contributed by atoms with Gasteiger partial charge in [0.2, 0.25) is 0 Å². The van der Waals surface area contributed by atoms with Crippen molar-refractivity contribution in [1.29, 1.82) is 0 Å². The highest BCUT2D eigenvalue weighted by molar-refractivity contribution is 6.33. The van der Waals surface area contributed by atoms with Crippen LogP contribution in [0.25, 0.3) is 0 Å². The summed E-state index contributed by atoms with van der Waals surface area (Å²) in [5, 5.41) is 0.687. The lowest BCUT2D eigenvalue weighted by Crippen LogP contribution is -2.19. The Kier molecular flexibility index (Phi) is 5.21. The molecule has 0 aliphatic rings. The van der Waals surface area contributed by atoms with Crippen LogP contribution in [-0.2, 0) is 13.0 Å². The highest BCUT2D eigenvalue weighted by Gasteiger charge is 2.09. The predicted molar refractivity (Wildman–Crippen MR) is 87.3 cm³/mol. The van der Waals surface area contributed by atoms with Gasteiger partial charge in [-0.25, -0.2) is 4.39 Å². The van der Waals surface area contributed by atoms with Crippen LogP contribution in [0.15, 0.2) is 42.5 Å². The molecule has 0 amide bonds. The van der Waals surface area contributed by atoms with Crippen molar-refractivity contribution >= 4 is 17.3 Å². The number of anilines is 1. The number of benzene rings is 2. The molecule has 0 spiro atoms. The molecule has 2 rings (SSSR count). The molecule has 0 fully saturated rings. The van der Waals surface area contributed by atoms with Gasteiger partial charge in [0.1, 0.15) is 5.82 Å². The molecule has 0 bridgehead atoms. The largest absolute Gasteiger partial charge is 0.369 e. The van der Waals surface area contributed by atoms with Gasteiger partial charge in [0.05, 0.1) is 10.7 Å². The van der Waals surface area contributed by atoms with Gasteiger partial charge in [-0.15, -0.1) is 0 Å². The van der Waals surface area contributed by atoms with Crippen LogP contribution in [-0.4, -0.2) is 13.1 Å². The van der Waals surface area contributed by atoms with E-state index in [1.54, 1.807) is 6.07 Å². The summed E-state index contributed by atoms with van der Waals surface area (Å²) in [4.78, 5) is 2.01. The third kappa shape index (κ3) is 4.45. The number of halogens is 2. The van der Waals surface area contributed by atoms with E-state index in [1.165, 1.54) is 12.1 Å². The molecule has 2 N–H and O–H groups in total. The van der Waals surface area contributed by atoms with Crippen LogP contribution in [0.1, 0.15) is 18.1 Å². The molecule has 2 aromatic rings. The van der Waals surface area contributed by atoms with E-state index in [4.69, 9.17) is 17.3 Å². The van der Waals surface area contributed by atoms with E-state index in [1.807, 2.05) is 43.1 Å². The van der Waals surface area contributed by atoms with Crippen LogP contribution < -0.4 is 10.6 Å². The second-order valence-electron chi connectivity index (χ2n) is 5.45. The van der Waals surface area contributed by atoms with E-state index < -0.39 is 0 Å². The van der Waals surface area contributed by atoms with E-state index >= 15 is 0 Å². The molecule has 4 heteroatoms. The van der Waals surface area contributed by atoms with Crippen LogP contribution in [0.4, 0.5) is 10.1 Å². The summed E-state index contributed by atoms with van der Waals surface area (Å²) in [5.74, 6) is -0.223. The molecule has 0 aliphatic heterocycles. The standard InChI is InChI=1S/C17H20ClFN2/c1-12(20)8-13-6-7-17(16(18)10-13)21(2)11-14-4-3-5-15(19)9-14/h3-7,9-10,12H,8,11,20H2,1-2H3. The Balaban J connectivity index is 2.13. The first-order valence-electron chi connectivity index (χ1n) is 6.95. The van der Waals surface area contributed by atoms with E-state index in [9.17, 15) is 4.39 Å². The first-order valence-corrected chi connectivity index (χ1v) is 7.33. The number of nitrogens with zero attached hydrogens (tertiary/aromatic N) is 1. The van der Waals surface area contributed by atoms with Gasteiger partial charge in [0.15, 0.2) is 0 Å². The molecular weight excluding hydrogens is 287 g/mol. The molecule has 0 saturated carbocycles. The van der Waals surface area contributed by atoms with Crippen LogP contribution in [0, 0.1) is 5.82 Å². The zero-order valence-electron chi connectivity index (χ0n) is 12.3. The van der Waals surface area contributed by atoms with E-state index in [0.717, 1.165) is 23.2 Å². The average molecular weight is 307 g/mol. The Hall–Kier alpha value is -1.58. The van der Waals surface area contributed by atoms with Crippen LogP contribution >= 0.6 is 11.6 Å². The Morgan fingerprint density at radius 3 is 2.57 bits per heavy atom. The first kappa shape index (κ1) is 15.8. The van der Waals surface area contributed by atoms with Crippen molar-refractivity contribution in [2.45, 2.75) is 25.9 Å². The Morgan fingerprint density at radius 2 is 1.95 bits per heavy atom. The van der Waals surface area contributed by atoms with Crippen molar-refractivity contribution in [1.82, 2.24) is 0 Å². The van der Waals surface area contributed by atoms with Crippen molar-refractivity contribution in [3.8, 4) is 0 Å². The minimum absolute atomic E-state index is 0.108. The average Bonchev–Trinajstić information content (AvgIpc) is 2.37. The highest BCUT2D eigenvalue weighted by Crippen LogP contribution is 2.27. The minimum atomic E-state index is -0.223. The fourth-order valence-corrected chi connectivity index (χ4v) is 2.70. The van der Waals surface area contributed by atoms with Gasteiger partial charge < -0.3 is 10.6 Å². The third-order valence-corrected chi connectivity index (χ3v) is 3.59. The van der Waals surface area contributed by atoms with Crippen LogP contribution in [0.5, 0.6) is 0 Å². The topological polar surface area (TPSA) is 29.3 Å². The second kappa shape index (κ2) is 6.92. The van der Waals surface area contributed by atoms with Crippen LogP contribution in [0.2, 0.25) is 5.02 Å². The lowest BCUT2D eigenvalue weighted by atomic mass is 10.1. The fraction of sp³-hybridized carbons (Fsp3) is 0.294. The molecule has 2 aromatic carbocycles. The number of rotatable bonds is 5. The molecule has 0 radical (unpaired) electrons. The molecule has 0 aromatic heterocycles. The summed E-state index contributed by atoms with van der Waals surface area (Å²) >= 11 is 6.35. The molecule has 2 nitrogen and oxygen atoms in total. The van der Waals surface area contributed by atoms with E-state index in [0.29, 0.717) is 11.6 Å². The maximum absolute atomic E-state index is 13.2. The molecular formula is C17H20ClFN2. The SMILES string of the molecule is CC(N)Cc1ccc(N(C)Cc2cccc(F)c2)c(Cl)c1. The van der Waals surface area contributed by atoms with Gasteiger partial charge in [0.25, 0.3) is 0 Å². The third-order valence-electron chi connectivity index (χ3n) is 3.29. The fourth-order valence-electron chi connectivity index (χ4n) is 2.35. The van der Waals surface area contributed by atoms with Gasteiger partial charge in [-0.1, -0.05) is 29.8 Å². The van der Waals surface area contributed by atoms with Gasteiger partial charge in [-0.3, -0.25) is 0 Å². The quantitative estimate of drug-likeness (QED) is 0.904. The molecule has 1 unspecified atom stereocenters. The summed E-state index contributed by atoms with van der Waals surface area (Å²) in [6.07, 6.45) is 0.799. The summed E-state index contributed by atoms with van der Waals surface area (Å²) in [5.41, 5.74) is 8.76. The first-order chi connectivity index (χ1) is 9.95. The lowest BCUT2D eigenvalue weighted by molar-refractivity contribution is 0.625. The maximum Gasteiger partial charge on any atom is 0.123 e. The predicted octanol–water partition coefficient (Wildman–Crippen LogP) is 4.01. The second-order valence-corrected chi connectivity index (χ2v) is 5.86. The number of hydrogen-bond acceptors (Lipinski definition) is 2. The number of nitrogens with two attached hydrogens (primary N) is 1. The van der Waals surface area contributed by atoms with Gasteiger partial charge in [0, 0.05) is 19.6 Å². The van der Waals surface area contributed by atoms with Crippen molar-refractivity contribution in [2.24, 2.45) is 5.73 Å². The molecule has 0 aliphatic carbocycles. The molecule has 0 heterocycles. The highest BCUT2D eigenvalue weighted by atomic mass is 35.5. The van der Waals surface area contributed by atoms with Gasteiger partial charge in [-0.2, -0.15) is 0 Å². The summed E-state index contributed by atoms with van der Waals surface area (Å²) < 4.78 is 13.2. The van der Waals surface area contributed by atoms with Crippen LogP contribution in [0.3, 0.4) is 0 Å². The van der Waals surface area contributed by atoms with Crippen molar-refractivity contribution in [3.63, 3.8) is 0 Å². The van der Waals surface area contributed by atoms with Crippen molar-refractivity contribution < 1.29 is 4.39 Å². The van der Waals surface area contributed by atoms with Gasteiger partial charge in [-0.05, 0) is 48.7 Å². The van der Waals surface area contributed by atoms with Gasteiger partial charge >= 0.3 is 0 Å². The smallest absolute Gasteiger partial charge is 0.123 e. The normalized spacial score (nSPS) is 12.2.